The van der Waals surface area contributed by atoms with Crippen LogP contribution in [0.5, 0.6) is 0 Å². The minimum atomic E-state index is -3.60. The SMILES string of the molecule is C[C@H]1CC[C@@H](c2ccccc2)S(=O)(=O)N1Cc1ccc(N2CC3CC[C@@H](C2)[C@H]3n2cnnc2)cc1F. The van der Waals surface area contributed by atoms with Gasteiger partial charge in [-0.1, -0.05) is 36.4 Å². The Morgan fingerprint density at radius 2 is 1.64 bits per heavy atom. The number of nitrogens with zero attached hydrogens (tertiary/aromatic N) is 5. The summed E-state index contributed by atoms with van der Waals surface area (Å²) < 4.78 is 46.1. The van der Waals surface area contributed by atoms with E-state index in [4.69, 9.17) is 0 Å². The molecule has 6 rings (SSSR count). The maximum absolute atomic E-state index is 15.4. The zero-order valence-corrected chi connectivity index (χ0v) is 21.3. The van der Waals surface area contributed by atoms with Crippen molar-refractivity contribution in [2.24, 2.45) is 11.8 Å². The normalized spacial score (nSPS) is 29.9. The van der Waals surface area contributed by atoms with Crippen LogP contribution in [0.3, 0.4) is 0 Å². The van der Waals surface area contributed by atoms with Gasteiger partial charge in [0.15, 0.2) is 0 Å². The van der Waals surface area contributed by atoms with Gasteiger partial charge in [0.1, 0.15) is 23.7 Å². The lowest BCUT2D eigenvalue weighted by molar-refractivity contribution is 0.270. The van der Waals surface area contributed by atoms with Gasteiger partial charge in [0.05, 0.1) is 0 Å². The molecule has 36 heavy (non-hydrogen) atoms. The molecule has 2 saturated heterocycles. The van der Waals surface area contributed by atoms with Crippen LogP contribution in [0.2, 0.25) is 0 Å². The van der Waals surface area contributed by atoms with E-state index in [-0.39, 0.29) is 18.4 Å². The van der Waals surface area contributed by atoms with E-state index in [1.54, 1.807) is 24.8 Å². The van der Waals surface area contributed by atoms with Crippen LogP contribution in [0.1, 0.15) is 55.0 Å². The second kappa shape index (κ2) is 9.27. The van der Waals surface area contributed by atoms with Crippen LogP contribution in [-0.2, 0) is 16.6 Å². The van der Waals surface area contributed by atoms with Gasteiger partial charge in [-0.3, -0.25) is 0 Å². The lowest BCUT2D eigenvalue weighted by Crippen LogP contribution is -2.45. The Hall–Kier alpha value is -2.78. The highest BCUT2D eigenvalue weighted by Gasteiger charge is 2.43. The lowest BCUT2D eigenvalue weighted by atomic mass is 9.91. The van der Waals surface area contributed by atoms with Crippen molar-refractivity contribution in [3.63, 3.8) is 0 Å². The van der Waals surface area contributed by atoms with Gasteiger partial charge < -0.3 is 9.47 Å². The van der Waals surface area contributed by atoms with Gasteiger partial charge in [-0.15, -0.1) is 10.2 Å². The number of halogens is 1. The first-order valence-electron chi connectivity index (χ1n) is 12.8. The number of anilines is 1. The summed E-state index contributed by atoms with van der Waals surface area (Å²) >= 11 is 0. The Balaban J connectivity index is 1.20. The monoisotopic (exact) mass is 509 g/mol. The molecule has 3 heterocycles. The van der Waals surface area contributed by atoms with Crippen molar-refractivity contribution in [3.8, 4) is 0 Å². The predicted molar refractivity (Wildman–Crippen MR) is 136 cm³/mol. The van der Waals surface area contributed by atoms with Crippen LogP contribution >= 0.6 is 0 Å². The average Bonchev–Trinajstić information content (AvgIpc) is 3.48. The molecular formula is C27H32FN5O2S. The highest BCUT2D eigenvalue weighted by atomic mass is 32.2. The van der Waals surface area contributed by atoms with Gasteiger partial charge in [0.2, 0.25) is 10.0 Å². The summed E-state index contributed by atoms with van der Waals surface area (Å²) in [5.41, 5.74) is 2.09. The lowest BCUT2D eigenvalue weighted by Gasteiger charge is -2.40. The fourth-order valence-corrected chi connectivity index (χ4v) is 8.82. The molecule has 3 fully saturated rings. The summed E-state index contributed by atoms with van der Waals surface area (Å²) in [6, 6.07) is 14.9. The number of piperidine rings is 1. The Morgan fingerprint density at radius 1 is 0.944 bits per heavy atom. The van der Waals surface area contributed by atoms with Crippen LogP contribution in [0.4, 0.5) is 10.1 Å². The van der Waals surface area contributed by atoms with Gasteiger partial charge >= 0.3 is 0 Å². The molecule has 1 unspecified atom stereocenters. The van der Waals surface area contributed by atoms with E-state index < -0.39 is 15.3 Å². The highest BCUT2D eigenvalue weighted by molar-refractivity contribution is 7.89. The smallest absolute Gasteiger partial charge is 0.221 e. The molecule has 1 saturated carbocycles. The molecule has 0 amide bonds. The van der Waals surface area contributed by atoms with E-state index in [9.17, 15) is 8.42 Å². The van der Waals surface area contributed by atoms with Crippen molar-refractivity contribution in [2.45, 2.75) is 56.5 Å². The molecule has 2 aliphatic heterocycles. The number of hydrogen-bond acceptors (Lipinski definition) is 5. The summed E-state index contributed by atoms with van der Waals surface area (Å²) in [7, 11) is -3.60. The standard InChI is InChI=1S/C27H32FN5O2S/c1-19-7-12-26(20-5-3-2-4-6-20)36(34,35)33(19)16-21-10-11-24(13-25(21)28)31-14-22-8-9-23(15-31)27(22)32-17-29-30-18-32/h2-6,10-11,13,17-19,22-23,26-27H,7-9,12,14-16H2,1H3/t19-,22-,23?,26-,27+/m0/s1. The Morgan fingerprint density at radius 3 is 2.31 bits per heavy atom. The molecular weight excluding hydrogens is 477 g/mol. The zero-order valence-electron chi connectivity index (χ0n) is 20.4. The molecule has 5 atom stereocenters. The highest BCUT2D eigenvalue weighted by Crippen LogP contribution is 2.46. The van der Waals surface area contributed by atoms with Gasteiger partial charge in [-0.05, 0) is 62.1 Å². The minimum Gasteiger partial charge on any atom is -0.371 e. The largest absolute Gasteiger partial charge is 0.371 e. The van der Waals surface area contributed by atoms with Crippen LogP contribution in [0, 0.1) is 17.7 Å². The number of fused-ring (bicyclic) bond motifs is 2. The van der Waals surface area contributed by atoms with E-state index in [2.05, 4.69) is 19.7 Å². The number of aromatic nitrogens is 3. The number of benzene rings is 2. The van der Waals surface area contributed by atoms with Crippen molar-refractivity contribution < 1.29 is 12.8 Å². The van der Waals surface area contributed by atoms with Crippen LogP contribution in [0.25, 0.3) is 0 Å². The molecule has 1 aromatic heterocycles. The van der Waals surface area contributed by atoms with Crippen LogP contribution in [0.15, 0.2) is 61.2 Å². The van der Waals surface area contributed by atoms with E-state index in [1.807, 2.05) is 43.3 Å². The minimum absolute atomic E-state index is 0.0555. The van der Waals surface area contributed by atoms with Crippen molar-refractivity contribution in [3.05, 3.63) is 78.1 Å². The molecule has 3 aliphatic rings. The van der Waals surface area contributed by atoms with Gasteiger partial charge in [-0.25, -0.2) is 12.8 Å². The number of hydrogen-bond donors (Lipinski definition) is 0. The summed E-state index contributed by atoms with van der Waals surface area (Å²) in [5, 5.41) is 7.38. The Kier molecular flexibility index (Phi) is 6.08. The van der Waals surface area contributed by atoms with Crippen LogP contribution in [-0.4, -0.2) is 46.6 Å². The molecule has 0 N–H and O–H groups in total. The molecule has 2 aromatic carbocycles. The van der Waals surface area contributed by atoms with Crippen molar-refractivity contribution in [2.75, 3.05) is 18.0 Å². The summed E-state index contributed by atoms with van der Waals surface area (Å²) in [5.74, 6) is 0.624. The first-order valence-corrected chi connectivity index (χ1v) is 14.3. The quantitative estimate of drug-likeness (QED) is 0.504. The van der Waals surface area contributed by atoms with Gasteiger partial charge in [0.25, 0.3) is 0 Å². The molecule has 0 spiro atoms. The number of sulfonamides is 1. The Labute approximate surface area is 212 Å². The van der Waals surface area contributed by atoms with Crippen molar-refractivity contribution in [1.82, 2.24) is 19.1 Å². The second-order valence-corrected chi connectivity index (χ2v) is 12.7. The summed E-state index contributed by atoms with van der Waals surface area (Å²) in [4.78, 5) is 2.28. The fraction of sp³-hybridized carbons (Fsp3) is 0.481. The third-order valence-corrected chi connectivity index (χ3v) is 10.9. The molecule has 1 aliphatic carbocycles. The first kappa shape index (κ1) is 23.6. The average molecular weight is 510 g/mol. The van der Waals surface area contributed by atoms with E-state index >= 15 is 4.39 Å². The van der Waals surface area contributed by atoms with Crippen molar-refractivity contribution >= 4 is 15.7 Å². The van der Waals surface area contributed by atoms with Gasteiger partial charge in [0, 0.05) is 43.0 Å². The molecule has 2 bridgehead atoms. The summed E-state index contributed by atoms with van der Waals surface area (Å²) in [6.07, 6.45) is 7.24. The Bertz CT molecular complexity index is 1300. The zero-order chi connectivity index (χ0) is 24.9. The van der Waals surface area contributed by atoms with Crippen LogP contribution < -0.4 is 4.90 Å². The third-order valence-electron chi connectivity index (χ3n) is 8.49. The van der Waals surface area contributed by atoms with E-state index in [0.29, 0.717) is 29.9 Å². The first-order chi connectivity index (χ1) is 17.4. The second-order valence-electron chi connectivity index (χ2n) is 10.6. The van der Waals surface area contributed by atoms with E-state index in [0.717, 1.165) is 43.6 Å². The molecule has 190 valence electrons. The van der Waals surface area contributed by atoms with Gasteiger partial charge in [-0.2, -0.15) is 4.31 Å². The molecule has 7 nitrogen and oxygen atoms in total. The maximum Gasteiger partial charge on any atom is 0.221 e. The van der Waals surface area contributed by atoms with E-state index in [1.165, 1.54) is 4.31 Å². The maximum atomic E-state index is 15.4. The topological polar surface area (TPSA) is 71.3 Å². The molecule has 0 radical (unpaired) electrons. The fourth-order valence-electron chi connectivity index (χ4n) is 6.64. The molecule has 3 aromatic rings. The third kappa shape index (κ3) is 4.12. The number of rotatable bonds is 5. The predicted octanol–water partition coefficient (Wildman–Crippen LogP) is 4.56. The summed E-state index contributed by atoms with van der Waals surface area (Å²) in [6.45, 7) is 3.71. The van der Waals surface area contributed by atoms with Crippen molar-refractivity contribution in [1.29, 1.82) is 0 Å². The molecule has 9 heteroatoms.